The van der Waals surface area contributed by atoms with Crippen LogP contribution in [0, 0.1) is 5.92 Å². The number of hydrogen-bond acceptors (Lipinski definition) is 4. The molecule has 1 aromatic carbocycles. The van der Waals surface area contributed by atoms with Crippen LogP contribution in [-0.2, 0) is 6.54 Å². The summed E-state index contributed by atoms with van der Waals surface area (Å²) in [5, 5.41) is 3.36. The van der Waals surface area contributed by atoms with E-state index in [9.17, 15) is 8.78 Å². The highest BCUT2D eigenvalue weighted by molar-refractivity contribution is 5.43. The molecule has 0 radical (unpaired) electrons. The monoisotopic (exact) mass is 314 g/mol. The van der Waals surface area contributed by atoms with E-state index in [1.807, 2.05) is 6.07 Å². The van der Waals surface area contributed by atoms with Gasteiger partial charge in [0.05, 0.1) is 7.11 Å². The molecule has 2 rings (SSSR count). The number of nitrogens with one attached hydrogen (secondary N) is 1. The van der Waals surface area contributed by atoms with Crippen LogP contribution in [0.5, 0.6) is 11.5 Å². The smallest absolute Gasteiger partial charge is 0.387 e. The van der Waals surface area contributed by atoms with Crippen LogP contribution in [0.25, 0.3) is 0 Å². The fourth-order valence-electron chi connectivity index (χ4n) is 2.89. The van der Waals surface area contributed by atoms with Gasteiger partial charge in [-0.05, 0) is 56.6 Å². The zero-order chi connectivity index (χ0) is 15.9. The topological polar surface area (TPSA) is 33.7 Å². The molecule has 0 amide bonds. The Morgan fingerprint density at radius 2 is 2.00 bits per heavy atom. The summed E-state index contributed by atoms with van der Waals surface area (Å²) >= 11 is 0. The maximum atomic E-state index is 12.4. The molecule has 0 aliphatic carbocycles. The highest BCUT2D eigenvalue weighted by atomic mass is 19.3. The van der Waals surface area contributed by atoms with Crippen LogP contribution in [0.4, 0.5) is 8.78 Å². The van der Waals surface area contributed by atoms with Crippen molar-refractivity contribution in [2.24, 2.45) is 5.92 Å². The van der Waals surface area contributed by atoms with E-state index in [0.717, 1.165) is 25.2 Å². The maximum absolute atomic E-state index is 12.4. The van der Waals surface area contributed by atoms with Gasteiger partial charge in [-0.3, -0.25) is 0 Å². The molecular formula is C16H24F2N2O2. The maximum Gasteiger partial charge on any atom is 0.387 e. The van der Waals surface area contributed by atoms with Crippen LogP contribution >= 0.6 is 0 Å². The minimum atomic E-state index is -2.85. The van der Waals surface area contributed by atoms with Crippen LogP contribution in [0.2, 0.25) is 0 Å². The molecule has 0 atom stereocenters. The van der Waals surface area contributed by atoms with Gasteiger partial charge in [-0.15, -0.1) is 0 Å². The number of rotatable bonds is 7. The molecule has 0 saturated carbocycles. The molecule has 0 unspecified atom stereocenters. The fraction of sp³-hybridized carbons (Fsp3) is 0.625. The van der Waals surface area contributed by atoms with Crippen molar-refractivity contribution in [1.82, 2.24) is 10.2 Å². The van der Waals surface area contributed by atoms with E-state index in [-0.39, 0.29) is 5.75 Å². The number of hydrogen-bond donors (Lipinski definition) is 1. The predicted molar refractivity (Wildman–Crippen MR) is 81.6 cm³/mol. The standard InChI is InChI=1S/C16H24F2N2O2/c1-20(10-12-5-7-19-8-6-12)11-13-3-4-14(21-2)15(9-13)22-16(17)18/h3-4,9,12,16,19H,5-8,10-11H2,1-2H3. The van der Waals surface area contributed by atoms with E-state index in [1.165, 1.54) is 20.0 Å². The van der Waals surface area contributed by atoms with Crippen molar-refractivity contribution < 1.29 is 18.3 Å². The fourth-order valence-corrected chi connectivity index (χ4v) is 2.89. The highest BCUT2D eigenvalue weighted by Crippen LogP contribution is 2.30. The van der Waals surface area contributed by atoms with Crippen LogP contribution < -0.4 is 14.8 Å². The normalized spacial score (nSPS) is 16.3. The van der Waals surface area contributed by atoms with Crippen LogP contribution in [0.15, 0.2) is 18.2 Å². The van der Waals surface area contributed by atoms with E-state index in [0.29, 0.717) is 18.2 Å². The SMILES string of the molecule is COc1ccc(CN(C)CC2CCNCC2)cc1OC(F)F. The third kappa shape index (κ3) is 5.10. The molecule has 22 heavy (non-hydrogen) atoms. The Kier molecular flexibility index (Phi) is 6.39. The minimum absolute atomic E-state index is 0.0882. The summed E-state index contributed by atoms with van der Waals surface area (Å²) in [4.78, 5) is 2.23. The Morgan fingerprint density at radius 3 is 2.64 bits per heavy atom. The lowest BCUT2D eigenvalue weighted by molar-refractivity contribution is -0.0512. The van der Waals surface area contributed by atoms with Crippen molar-refractivity contribution in [2.75, 3.05) is 33.8 Å². The zero-order valence-electron chi connectivity index (χ0n) is 13.1. The lowest BCUT2D eigenvalue weighted by atomic mass is 9.97. The lowest BCUT2D eigenvalue weighted by Gasteiger charge is -2.27. The molecule has 1 N–H and O–H groups in total. The van der Waals surface area contributed by atoms with Crippen molar-refractivity contribution in [2.45, 2.75) is 26.0 Å². The molecule has 1 aliphatic heterocycles. The molecule has 6 heteroatoms. The van der Waals surface area contributed by atoms with Crippen LogP contribution in [0.3, 0.4) is 0 Å². The minimum Gasteiger partial charge on any atom is -0.493 e. The summed E-state index contributed by atoms with van der Waals surface area (Å²) in [5.74, 6) is 1.11. The molecule has 4 nitrogen and oxygen atoms in total. The first-order valence-corrected chi connectivity index (χ1v) is 7.59. The van der Waals surface area contributed by atoms with Crippen LogP contribution in [0.1, 0.15) is 18.4 Å². The second-order valence-corrected chi connectivity index (χ2v) is 5.75. The average Bonchev–Trinajstić information content (AvgIpc) is 2.48. The van der Waals surface area contributed by atoms with Gasteiger partial charge in [0.2, 0.25) is 0 Å². The molecule has 1 heterocycles. The molecular weight excluding hydrogens is 290 g/mol. The Labute approximate surface area is 130 Å². The van der Waals surface area contributed by atoms with Crippen molar-refractivity contribution in [1.29, 1.82) is 0 Å². The molecule has 0 bridgehead atoms. The summed E-state index contributed by atoms with van der Waals surface area (Å²) in [7, 11) is 3.50. The van der Waals surface area contributed by atoms with E-state index >= 15 is 0 Å². The second-order valence-electron chi connectivity index (χ2n) is 5.75. The summed E-state index contributed by atoms with van der Waals surface area (Å²) < 4.78 is 34.5. The summed E-state index contributed by atoms with van der Waals surface area (Å²) in [6.45, 7) is 1.02. The first-order chi connectivity index (χ1) is 10.6. The van der Waals surface area contributed by atoms with E-state index in [4.69, 9.17) is 4.74 Å². The van der Waals surface area contributed by atoms with Gasteiger partial charge in [0.15, 0.2) is 11.5 Å². The third-order valence-electron chi connectivity index (χ3n) is 3.93. The van der Waals surface area contributed by atoms with Gasteiger partial charge in [-0.2, -0.15) is 8.78 Å². The molecule has 1 aromatic rings. The summed E-state index contributed by atoms with van der Waals surface area (Å²) in [5.41, 5.74) is 0.938. The summed E-state index contributed by atoms with van der Waals surface area (Å²) in [6, 6.07) is 5.19. The second kappa shape index (κ2) is 8.29. The number of alkyl halides is 2. The predicted octanol–water partition coefficient (Wildman–Crippen LogP) is 2.73. The van der Waals surface area contributed by atoms with E-state index in [1.54, 1.807) is 12.1 Å². The van der Waals surface area contributed by atoms with Gasteiger partial charge in [0, 0.05) is 13.1 Å². The number of benzene rings is 1. The van der Waals surface area contributed by atoms with Crippen molar-refractivity contribution in [3.8, 4) is 11.5 Å². The molecule has 1 fully saturated rings. The molecule has 124 valence electrons. The van der Waals surface area contributed by atoms with Gasteiger partial charge in [-0.1, -0.05) is 6.07 Å². The molecule has 1 aliphatic rings. The number of nitrogens with zero attached hydrogens (tertiary/aromatic N) is 1. The third-order valence-corrected chi connectivity index (χ3v) is 3.93. The quantitative estimate of drug-likeness (QED) is 0.839. The number of halogens is 2. The van der Waals surface area contributed by atoms with Gasteiger partial charge in [0.25, 0.3) is 0 Å². The summed E-state index contributed by atoms with van der Waals surface area (Å²) in [6.07, 6.45) is 2.37. The molecule has 0 aromatic heterocycles. The molecule has 0 spiro atoms. The lowest BCUT2D eigenvalue weighted by Crippen LogP contribution is -2.34. The van der Waals surface area contributed by atoms with Gasteiger partial charge in [-0.25, -0.2) is 0 Å². The Morgan fingerprint density at radius 1 is 1.27 bits per heavy atom. The average molecular weight is 314 g/mol. The highest BCUT2D eigenvalue weighted by Gasteiger charge is 2.16. The number of ether oxygens (including phenoxy) is 2. The van der Waals surface area contributed by atoms with Gasteiger partial charge in [0.1, 0.15) is 0 Å². The zero-order valence-corrected chi connectivity index (χ0v) is 13.1. The van der Waals surface area contributed by atoms with Crippen molar-refractivity contribution in [3.63, 3.8) is 0 Å². The number of piperidine rings is 1. The first-order valence-electron chi connectivity index (χ1n) is 7.59. The largest absolute Gasteiger partial charge is 0.493 e. The number of methoxy groups -OCH3 is 1. The molecule has 1 saturated heterocycles. The Balaban J connectivity index is 1.95. The van der Waals surface area contributed by atoms with E-state index in [2.05, 4.69) is 22.0 Å². The Bertz CT molecular complexity index is 465. The first kappa shape index (κ1) is 17.0. The Hall–Kier alpha value is -1.40. The van der Waals surface area contributed by atoms with Gasteiger partial charge >= 0.3 is 6.61 Å². The van der Waals surface area contributed by atoms with E-state index < -0.39 is 6.61 Å². The van der Waals surface area contributed by atoms with Crippen LogP contribution in [-0.4, -0.2) is 45.3 Å². The van der Waals surface area contributed by atoms with Crippen molar-refractivity contribution >= 4 is 0 Å². The van der Waals surface area contributed by atoms with Gasteiger partial charge < -0.3 is 19.7 Å². The van der Waals surface area contributed by atoms with Crippen molar-refractivity contribution in [3.05, 3.63) is 23.8 Å².